The van der Waals surface area contributed by atoms with E-state index in [1.807, 2.05) is 12.1 Å². The lowest BCUT2D eigenvalue weighted by Gasteiger charge is -2.13. The SMILES string of the molecule is Cc1ccc(OCCCNCCC2=CCCCC2)cc1. The van der Waals surface area contributed by atoms with E-state index in [4.69, 9.17) is 4.74 Å². The highest BCUT2D eigenvalue weighted by atomic mass is 16.5. The van der Waals surface area contributed by atoms with Crippen molar-refractivity contribution in [3.63, 3.8) is 0 Å². The standard InChI is InChI=1S/C18H27NO/c1-16-8-10-18(11-9-16)20-15-5-13-19-14-12-17-6-3-2-4-7-17/h6,8-11,19H,2-5,7,12-15H2,1H3. The van der Waals surface area contributed by atoms with Crippen molar-refractivity contribution in [3.8, 4) is 5.75 Å². The van der Waals surface area contributed by atoms with Gasteiger partial charge in [-0.3, -0.25) is 0 Å². The first kappa shape index (κ1) is 15.1. The molecule has 1 aromatic rings. The minimum Gasteiger partial charge on any atom is -0.494 e. The lowest BCUT2D eigenvalue weighted by atomic mass is 9.97. The molecular formula is C18H27NO. The van der Waals surface area contributed by atoms with Crippen molar-refractivity contribution in [2.75, 3.05) is 19.7 Å². The molecule has 1 aliphatic carbocycles. The van der Waals surface area contributed by atoms with Crippen molar-refractivity contribution in [2.45, 2.75) is 45.4 Å². The lowest BCUT2D eigenvalue weighted by Crippen LogP contribution is -2.19. The average Bonchev–Trinajstić information content (AvgIpc) is 2.49. The Morgan fingerprint density at radius 3 is 2.70 bits per heavy atom. The topological polar surface area (TPSA) is 21.3 Å². The molecule has 0 unspecified atom stereocenters. The number of hydrogen-bond acceptors (Lipinski definition) is 2. The Morgan fingerprint density at radius 1 is 1.10 bits per heavy atom. The van der Waals surface area contributed by atoms with Crippen LogP contribution in [0, 0.1) is 6.92 Å². The van der Waals surface area contributed by atoms with Gasteiger partial charge in [0.15, 0.2) is 0 Å². The molecule has 0 amide bonds. The van der Waals surface area contributed by atoms with E-state index in [2.05, 4.69) is 30.4 Å². The Balaban J connectivity index is 1.47. The number of allylic oxidation sites excluding steroid dienone is 1. The van der Waals surface area contributed by atoms with Crippen molar-refractivity contribution >= 4 is 0 Å². The molecule has 110 valence electrons. The van der Waals surface area contributed by atoms with Crippen LogP contribution >= 0.6 is 0 Å². The van der Waals surface area contributed by atoms with Gasteiger partial charge in [0, 0.05) is 0 Å². The van der Waals surface area contributed by atoms with E-state index in [1.165, 1.54) is 37.7 Å². The molecular weight excluding hydrogens is 246 g/mol. The van der Waals surface area contributed by atoms with Crippen LogP contribution in [0.4, 0.5) is 0 Å². The third-order valence-corrected chi connectivity index (χ3v) is 3.80. The molecule has 0 radical (unpaired) electrons. The highest BCUT2D eigenvalue weighted by molar-refractivity contribution is 5.26. The van der Waals surface area contributed by atoms with Gasteiger partial charge in [-0.25, -0.2) is 0 Å². The minimum atomic E-state index is 0.790. The van der Waals surface area contributed by atoms with E-state index >= 15 is 0 Å². The molecule has 20 heavy (non-hydrogen) atoms. The maximum atomic E-state index is 5.71. The molecule has 0 heterocycles. The Morgan fingerprint density at radius 2 is 1.95 bits per heavy atom. The highest BCUT2D eigenvalue weighted by Gasteiger charge is 2.02. The van der Waals surface area contributed by atoms with Crippen LogP contribution < -0.4 is 10.1 Å². The quantitative estimate of drug-likeness (QED) is 0.565. The van der Waals surface area contributed by atoms with E-state index in [9.17, 15) is 0 Å². The molecule has 0 atom stereocenters. The second-order valence-electron chi connectivity index (χ2n) is 5.62. The number of nitrogens with one attached hydrogen (secondary N) is 1. The molecule has 1 N–H and O–H groups in total. The fraction of sp³-hybridized carbons (Fsp3) is 0.556. The molecule has 0 aliphatic heterocycles. The number of hydrogen-bond donors (Lipinski definition) is 1. The molecule has 0 saturated carbocycles. The Hall–Kier alpha value is -1.28. The molecule has 0 aromatic heterocycles. The van der Waals surface area contributed by atoms with Gasteiger partial charge in [0.2, 0.25) is 0 Å². The average molecular weight is 273 g/mol. The van der Waals surface area contributed by atoms with Gasteiger partial charge in [0.1, 0.15) is 5.75 Å². The number of aryl methyl sites for hydroxylation is 1. The zero-order valence-corrected chi connectivity index (χ0v) is 12.7. The Labute approximate surface area is 123 Å². The van der Waals surface area contributed by atoms with Crippen molar-refractivity contribution in [3.05, 3.63) is 41.5 Å². The summed E-state index contributed by atoms with van der Waals surface area (Å²) in [6.45, 7) is 5.03. The van der Waals surface area contributed by atoms with E-state index < -0.39 is 0 Å². The van der Waals surface area contributed by atoms with Gasteiger partial charge >= 0.3 is 0 Å². The molecule has 1 aromatic carbocycles. The first-order chi connectivity index (χ1) is 9.84. The van der Waals surface area contributed by atoms with Crippen LogP contribution in [-0.4, -0.2) is 19.7 Å². The molecule has 2 heteroatoms. The van der Waals surface area contributed by atoms with Crippen molar-refractivity contribution in [2.24, 2.45) is 0 Å². The van der Waals surface area contributed by atoms with Crippen LogP contribution in [0.25, 0.3) is 0 Å². The summed E-state index contributed by atoms with van der Waals surface area (Å²) in [5.74, 6) is 0.975. The maximum Gasteiger partial charge on any atom is 0.119 e. The highest BCUT2D eigenvalue weighted by Crippen LogP contribution is 2.19. The predicted molar refractivity (Wildman–Crippen MR) is 85.3 cm³/mol. The molecule has 0 saturated heterocycles. The third-order valence-electron chi connectivity index (χ3n) is 3.80. The summed E-state index contributed by atoms with van der Waals surface area (Å²) in [5.41, 5.74) is 2.93. The zero-order valence-electron chi connectivity index (χ0n) is 12.7. The molecule has 2 rings (SSSR count). The van der Waals surface area contributed by atoms with Crippen LogP contribution in [0.5, 0.6) is 5.75 Å². The van der Waals surface area contributed by atoms with Gasteiger partial charge in [-0.2, -0.15) is 0 Å². The summed E-state index contributed by atoms with van der Waals surface area (Å²) >= 11 is 0. The van der Waals surface area contributed by atoms with Crippen LogP contribution in [0.1, 0.15) is 44.1 Å². The summed E-state index contributed by atoms with van der Waals surface area (Å²) in [7, 11) is 0. The molecule has 0 fully saturated rings. The van der Waals surface area contributed by atoms with E-state index in [0.717, 1.165) is 31.9 Å². The van der Waals surface area contributed by atoms with Gasteiger partial charge in [0.05, 0.1) is 6.61 Å². The minimum absolute atomic E-state index is 0.790. The van der Waals surface area contributed by atoms with Crippen LogP contribution in [0.3, 0.4) is 0 Å². The van der Waals surface area contributed by atoms with Gasteiger partial charge in [-0.15, -0.1) is 0 Å². The van der Waals surface area contributed by atoms with Crippen LogP contribution in [-0.2, 0) is 0 Å². The molecule has 0 bridgehead atoms. The maximum absolute atomic E-state index is 5.71. The molecule has 0 spiro atoms. The first-order valence-corrected chi connectivity index (χ1v) is 7.93. The predicted octanol–water partition coefficient (Wildman–Crippen LogP) is 4.24. The van der Waals surface area contributed by atoms with Crippen LogP contribution in [0.2, 0.25) is 0 Å². The van der Waals surface area contributed by atoms with Crippen molar-refractivity contribution < 1.29 is 4.74 Å². The molecule has 2 nitrogen and oxygen atoms in total. The second-order valence-corrected chi connectivity index (χ2v) is 5.62. The number of rotatable bonds is 8. The van der Waals surface area contributed by atoms with Gasteiger partial charge in [0.25, 0.3) is 0 Å². The van der Waals surface area contributed by atoms with Gasteiger partial charge < -0.3 is 10.1 Å². The second kappa shape index (κ2) is 8.80. The summed E-state index contributed by atoms with van der Waals surface area (Å²) in [5, 5.41) is 3.51. The smallest absolute Gasteiger partial charge is 0.119 e. The van der Waals surface area contributed by atoms with Gasteiger partial charge in [-0.05, 0) is 70.7 Å². The Bertz CT molecular complexity index is 408. The van der Waals surface area contributed by atoms with Crippen molar-refractivity contribution in [1.82, 2.24) is 5.32 Å². The van der Waals surface area contributed by atoms with E-state index in [0.29, 0.717) is 0 Å². The molecule has 1 aliphatic rings. The van der Waals surface area contributed by atoms with E-state index in [1.54, 1.807) is 5.57 Å². The zero-order chi connectivity index (χ0) is 14.0. The van der Waals surface area contributed by atoms with Crippen molar-refractivity contribution in [1.29, 1.82) is 0 Å². The largest absolute Gasteiger partial charge is 0.494 e. The summed E-state index contributed by atoms with van der Waals surface area (Å²) < 4.78 is 5.71. The monoisotopic (exact) mass is 273 g/mol. The lowest BCUT2D eigenvalue weighted by molar-refractivity contribution is 0.308. The Kier molecular flexibility index (Phi) is 6.65. The summed E-state index contributed by atoms with van der Waals surface area (Å²) in [6.07, 6.45) is 10.1. The van der Waals surface area contributed by atoms with Crippen LogP contribution in [0.15, 0.2) is 35.9 Å². The summed E-state index contributed by atoms with van der Waals surface area (Å²) in [6, 6.07) is 8.26. The first-order valence-electron chi connectivity index (χ1n) is 7.93. The third kappa shape index (κ3) is 5.79. The number of benzene rings is 1. The summed E-state index contributed by atoms with van der Waals surface area (Å²) in [4.78, 5) is 0. The fourth-order valence-electron chi connectivity index (χ4n) is 2.53. The van der Waals surface area contributed by atoms with Gasteiger partial charge in [-0.1, -0.05) is 29.3 Å². The normalized spacial score (nSPS) is 14.9. The van der Waals surface area contributed by atoms with E-state index in [-0.39, 0.29) is 0 Å². The number of ether oxygens (including phenoxy) is 1. The fourth-order valence-corrected chi connectivity index (χ4v) is 2.53.